The third-order valence-electron chi connectivity index (χ3n) is 3.45. The van der Waals surface area contributed by atoms with Gasteiger partial charge in [0.15, 0.2) is 0 Å². The number of aromatic carboxylic acids is 1. The average Bonchev–Trinajstić information content (AvgIpc) is 2.66. The van der Waals surface area contributed by atoms with Gasteiger partial charge >= 0.3 is 5.97 Å². The predicted molar refractivity (Wildman–Crippen MR) is 68.8 cm³/mol. The lowest BCUT2D eigenvalue weighted by Gasteiger charge is -2.16. The first-order chi connectivity index (χ1) is 9.16. The quantitative estimate of drug-likeness (QED) is 0.806. The Hall–Kier alpha value is -1.85. The summed E-state index contributed by atoms with van der Waals surface area (Å²) in [6.45, 7) is -0.0366. The monoisotopic (exact) mass is 265 g/mol. The van der Waals surface area contributed by atoms with E-state index in [1.807, 2.05) is 0 Å². The number of carbonyl (C=O) groups excluding carboxylic acids is 1. The summed E-state index contributed by atoms with van der Waals surface area (Å²) in [5.41, 5.74) is 0.0380. The number of aromatic nitrogens is 2. The van der Waals surface area contributed by atoms with E-state index in [1.165, 1.54) is 29.8 Å². The number of carbonyl (C=O) groups is 2. The molecule has 19 heavy (non-hydrogen) atoms. The van der Waals surface area contributed by atoms with Crippen LogP contribution >= 0.6 is 0 Å². The van der Waals surface area contributed by atoms with Crippen molar-refractivity contribution in [2.24, 2.45) is 0 Å². The van der Waals surface area contributed by atoms with Crippen LogP contribution in [0.25, 0.3) is 0 Å². The maximum Gasteiger partial charge on any atom is 0.354 e. The number of rotatable bonds is 4. The highest BCUT2D eigenvalue weighted by Gasteiger charge is 2.17. The summed E-state index contributed by atoms with van der Waals surface area (Å²) in [5, 5.41) is 15.8. The van der Waals surface area contributed by atoms with Crippen molar-refractivity contribution in [2.45, 2.75) is 51.1 Å². The standard InChI is InChI=1S/C13H19N3O3/c17-12(15-10-5-3-1-2-4-6-10)9-16-11(13(18)19)7-8-14-16/h7-8,10H,1-6,9H2,(H,15,17)(H,18,19). The van der Waals surface area contributed by atoms with Gasteiger partial charge in [-0.3, -0.25) is 4.79 Å². The summed E-state index contributed by atoms with van der Waals surface area (Å²) in [7, 11) is 0. The van der Waals surface area contributed by atoms with E-state index in [9.17, 15) is 9.59 Å². The van der Waals surface area contributed by atoms with E-state index in [1.54, 1.807) is 0 Å². The van der Waals surface area contributed by atoms with Gasteiger partial charge in [-0.15, -0.1) is 0 Å². The van der Waals surface area contributed by atoms with Crippen LogP contribution in [0.15, 0.2) is 12.3 Å². The van der Waals surface area contributed by atoms with Crippen LogP contribution in [0.1, 0.15) is 49.0 Å². The van der Waals surface area contributed by atoms with Crippen molar-refractivity contribution >= 4 is 11.9 Å². The molecule has 104 valence electrons. The van der Waals surface area contributed by atoms with Crippen molar-refractivity contribution in [1.29, 1.82) is 0 Å². The first-order valence-corrected chi connectivity index (χ1v) is 6.71. The molecular weight excluding hydrogens is 246 g/mol. The summed E-state index contributed by atoms with van der Waals surface area (Å²) in [5.74, 6) is -1.24. The summed E-state index contributed by atoms with van der Waals surface area (Å²) >= 11 is 0. The molecular formula is C13H19N3O3. The topological polar surface area (TPSA) is 84.2 Å². The van der Waals surface area contributed by atoms with Crippen LogP contribution in [0, 0.1) is 0 Å². The van der Waals surface area contributed by atoms with Crippen molar-refractivity contribution in [2.75, 3.05) is 0 Å². The van der Waals surface area contributed by atoms with E-state index in [2.05, 4.69) is 10.4 Å². The Kier molecular flexibility index (Phi) is 4.54. The third-order valence-corrected chi connectivity index (χ3v) is 3.45. The van der Waals surface area contributed by atoms with Crippen LogP contribution in [0.4, 0.5) is 0 Å². The number of carboxylic acid groups (broad SMARTS) is 1. The van der Waals surface area contributed by atoms with E-state index in [0.29, 0.717) is 0 Å². The molecule has 1 aliphatic carbocycles. The molecule has 0 aliphatic heterocycles. The molecule has 6 heteroatoms. The van der Waals surface area contributed by atoms with Crippen LogP contribution in [-0.2, 0) is 11.3 Å². The Bertz CT molecular complexity index is 448. The van der Waals surface area contributed by atoms with Gasteiger partial charge in [-0.2, -0.15) is 5.10 Å². The van der Waals surface area contributed by atoms with Gasteiger partial charge in [0.1, 0.15) is 12.2 Å². The fourth-order valence-corrected chi connectivity index (χ4v) is 2.47. The van der Waals surface area contributed by atoms with Crippen LogP contribution in [0.3, 0.4) is 0 Å². The molecule has 1 saturated carbocycles. The zero-order valence-electron chi connectivity index (χ0n) is 10.8. The van der Waals surface area contributed by atoms with Gasteiger partial charge in [-0.1, -0.05) is 25.7 Å². The molecule has 0 radical (unpaired) electrons. The normalized spacial score (nSPS) is 16.8. The van der Waals surface area contributed by atoms with Crippen molar-refractivity contribution in [1.82, 2.24) is 15.1 Å². The SMILES string of the molecule is O=C(Cn1nccc1C(=O)O)NC1CCCCCC1. The summed E-state index contributed by atoms with van der Waals surface area (Å²) in [6.07, 6.45) is 8.17. The lowest BCUT2D eigenvalue weighted by molar-refractivity contribution is -0.122. The molecule has 1 heterocycles. The van der Waals surface area contributed by atoms with Gasteiger partial charge in [-0.25, -0.2) is 9.48 Å². The van der Waals surface area contributed by atoms with Gasteiger partial charge in [0.2, 0.25) is 5.91 Å². The molecule has 1 amide bonds. The van der Waals surface area contributed by atoms with Crippen LogP contribution in [-0.4, -0.2) is 32.8 Å². The lowest BCUT2D eigenvalue weighted by atomic mass is 10.1. The number of amides is 1. The number of nitrogens with one attached hydrogen (secondary N) is 1. The fourth-order valence-electron chi connectivity index (χ4n) is 2.47. The average molecular weight is 265 g/mol. The Morgan fingerprint density at radius 2 is 2.00 bits per heavy atom. The summed E-state index contributed by atoms with van der Waals surface area (Å²) in [6, 6.07) is 1.61. The second kappa shape index (κ2) is 6.36. The van der Waals surface area contributed by atoms with Crippen molar-refractivity contribution in [3.63, 3.8) is 0 Å². The van der Waals surface area contributed by atoms with Gasteiger partial charge < -0.3 is 10.4 Å². The highest BCUT2D eigenvalue weighted by molar-refractivity contribution is 5.86. The molecule has 1 fully saturated rings. The van der Waals surface area contributed by atoms with Crippen LogP contribution in [0.5, 0.6) is 0 Å². The lowest BCUT2D eigenvalue weighted by Crippen LogP contribution is -2.37. The molecule has 0 unspecified atom stereocenters. The van der Waals surface area contributed by atoms with Crippen molar-refractivity contribution in [3.8, 4) is 0 Å². The smallest absolute Gasteiger partial charge is 0.354 e. The maximum absolute atomic E-state index is 11.9. The zero-order chi connectivity index (χ0) is 13.7. The third kappa shape index (κ3) is 3.81. The van der Waals surface area contributed by atoms with Gasteiger partial charge in [-0.05, 0) is 18.9 Å². The van der Waals surface area contributed by atoms with E-state index < -0.39 is 5.97 Å². The molecule has 6 nitrogen and oxygen atoms in total. The molecule has 1 aromatic rings. The highest BCUT2D eigenvalue weighted by atomic mass is 16.4. The first kappa shape index (κ1) is 13.6. The minimum absolute atomic E-state index is 0.0366. The molecule has 2 rings (SSSR count). The van der Waals surface area contributed by atoms with Gasteiger partial charge in [0.05, 0.1) is 0 Å². The predicted octanol–water partition coefficient (Wildman–Crippen LogP) is 1.42. The first-order valence-electron chi connectivity index (χ1n) is 6.71. The largest absolute Gasteiger partial charge is 0.477 e. The van der Waals surface area contributed by atoms with Crippen molar-refractivity contribution in [3.05, 3.63) is 18.0 Å². The minimum Gasteiger partial charge on any atom is -0.477 e. The van der Waals surface area contributed by atoms with Crippen molar-refractivity contribution < 1.29 is 14.7 Å². The number of carboxylic acids is 1. The number of hydrogen-bond acceptors (Lipinski definition) is 3. The van der Waals surface area contributed by atoms with Gasteiger partial charge in [0, 0.05) is 12.2 Å². The summed E-state index contributed by atoms with van der Waals surface area (Å²) in [4.78, 5) is 22.8. The number of nitrogens with zero attached hydrogens (tertiary/aromatic N) is 2. The summed E-state index contributed by atoms with van der Waals surface area (Å²) < 4.78 is 1.22. The molecule has 1 aliphatic rings. The van der Waals surface area contributed by atoms with E-state index in [-0.39, 0.29) is 24.2 Å². The molecule has 2 N–H and O–H groups in total. The Labute approximate surface area is 111 Å². The number of hydrogen-bond donors (Lipinski definition) is 2. The Morgan fingerprint density at radius 1 is 1.32 bits per heavy atom. The highest BCUT2D eigenvalue weighted by Crippen LogP contribution is 2.17. The zero-order valence-corrected chi connectivity index (χ0v) is 10.8. The minimum atomic E-state index is -1.07. The molecule has 1 aromatic heterocycles. The second-order valence-electron chi connectivity index (χ2n) is 4.94. The van der Waals surface area contributed by atoms with E-state index >= 15 is 0 Å². The molecule has 0 bridgehead atoms. The molecule has 0 aromatic carbocycles. The van der Waals surface area contributed by atoms with E-state index in [4.69, 9.17) is 5.11 Å². The molecule has 0 saturated heterocycles. The van der Waals surface area contributed by atoms with Gasteiger partial charge in [0.25, 0.3) is 0 Å². The molecule has 0 spiro atoms. The van der Waals surface area contributed by atoms with Crippen LogP contribution < -0.4 is 5.32 Å². The molecule has 0 atom stereocenters. The fraction of sp³-hybridized carbons (Fsp3) is 0.615. The van der Waals surface area contributed by atoms with Crippen LogP contribution in [0.2, 0.25) is 0 Å². The Balaban J connectivity index is 1.89. The maximum atomic E-state index is 11.9. The Morgan fingerprint density at radius 3 is 2.63 bits per heavy atom. The second-order valence-corrected chi connectivity index (χ2v) is 4.94. The van der Waals surface area contributed by atoms with E-state index in [0.717, 1.165) is 25.7 Å².